The number of nitriles is 1. The highest BCUT2D eigenvalue weighted by Gasteiger charge is 2.16. The van der Waals surface area contributed by atoms with Gasteiger partial charge in [-0.1, -0.05) is 12.1 Å². The normalized spacial score (nSPS) is 10.3. The van der Waals surface area contributed by atoms with E-state index in [-0.39, 0.29) is 0 Å². The molecule has 0 bridgehead atoms. The van der Waals surface area contributed by atoms with Crippen molar-refractivity contribution in [3.8, 4) is 17.7 Å². The molecule has 0 amide bonds. The third-order valence-corrected chi connectivity index (χ3v) is 3.73. The van der Waals surface area contributed by atoms with Crippen molar-refractivity contribution in [2.24, 2.45) is 0 Å². The van der Waals surface area contributed by atoms with E-state index >= 15 is 0 Å². The Bertz CT molecular complexity index is 832. The fourth-order valence-corrected chi connectivity index (χ4v) is 2.70. The Morgan fingerprint density at radius 3 is 2.95 bits per heavy atom. The molecule has 0 aliphatic carbocycles. The summed E-state index contributed by atoms with van der Waals surface area (Å²) in [7, 11) is 0. The number of hydrogen-bond acceptors (Lipinski definition) is 6. The van der Waals surface area contributed by atoms with Crippen molar-refractivity contribution in [2.75, 3.05) is 0 Å². The van der Waals surface area contributed by atoms with Crippen molar-refractivity contribution >= 4 is 11.8 Å². The average molecular weight is 309 g/mol. The van der Waals surface area contributed by atoms with E-state index in [4.69, 9.17) is 9.68 Å². The summed E-state index contributed by atoms with van der Waals surface area (Å²) >= 11 is 1.34. The molecule has 0 atom stereocenters. The Hall–Kier alpha value is -2.85. The van der Waals surface area contributed by atoms with Crippen molar-refractivity contribution < 1.29 is 4.42 Å². The Balaban J connectivity index is 1.97. The molecule has 22 heavy (non-hydrogen) atoms. The number of furan rings is 1. The average Bonchev–Trinajstić information content (AvgIpc) is 3.18. The van der Waals surface area contributed by atoms with Gasteiger partial charge in [-0.3, -0.25) is 4.57 Å². The zero-order valence-corrected chi connectivity index (χ0v) is 12.3. The highest BCUT2D eigenvalue weighted by molar-refractivity contribution is 7.99. The summed E-state index contributed by atoms with van der Waals surface area (Å²) in [4.78, 5) is 4.23. The predicted molar refractivity (Wildman–Crippen MR) is 81.0 cm³/mol. The van der Waals surface area contributed by atoms with E-state index in [1.165, 1.54) is 11.8 Å². The summed E-state index contributed by atoms with van der Waals surface area (Å²) < 4.78 is 7.27. The van der Waals surface area contributed by atoms with Gasteiger partial charge in [0.1, 0.15) is 16.8 Å². The van der Waals surface area contributed by atoms with E-state index in [2.05, 4.69) is 21.8 Å². The van der Waals surface area contributed by atoms with E-state index in [1.54, 1.807) is 30.5 Å². The van der Waals surface area contributed by atoms with Gasteiger partial charge in [0.25, 0.3) is 0 Å². The second-order valence-electron chi connectivity index (χ2n) is 4.26. The van der Waals surface area contributed by atoms with Crippen LogP contribution in [0.5, 0.6) is 0 Å². The fourth-order valence-electron chi connectivity index (χ4n) is 1.87. The molecule has 3 aromatic rings. The number of pyridine rings is 1. The van der Waals surface area contributed by atoms with Crippen LogP contribution in [-0.4, -0.2) is 19.7 Å². The summed E-state index contributed by atoms with van der Waals surface area (Å²) in [6.07, 6.45) is 3.35. The number of nitrogens with zero attached hydrogens (tertiary/aromatic N) is 5. The largest absolute Gasteiger partial charge is 0.461 e. The molecule has 0 aromatic carbocycles. The second kappa shape index (κ2) is 6.28. The second-order valence-corrected chi connectivity index (χ2v) is 5.25. The van der Waals surface area contributed by atoms with Gasteiger partial charge in [-0.15, -0.1) is 16.8 Å². The van der Waals surface area contributed by atoms with Gasteiger partial charge in [0.2, 0.25) is 5.82 Å². The lowest BCUT2D eigenvalue weighted by molar-refractivity contribution is 0.569. The van der Waals surface area contributed by atoms with Gasteiger partial charge in [0, 0.05) is 6.54 Å². The molecule has 0 aliphatic heterocycles. The third-order valence-electron chi connectivity index (χ3n) is 2.80. The first-order valence-corrected chi connectivity index (χ1v) is 7.26. The minimum Gasteiger partial charge on any atom is -0.461 e. The van der Waals surface area contributed by atoms with Gasteiger partial charge in [-0.05, 0) is 36.0 Å². The van der Waals surface area contributed by atoms with Gasteiger partial charge in [-0.25, -0.2) is 4.98 Å². The number of hydrogen-bond donors (Lipinski definition) is 0. The van der Waals surface area contributed by atoms with Crippen molar-refractivity contribution in [3.05, 3.63) is 54.9 Å². The van der Waals surface area contributed by atoms with E-state index in [0.29, 0.717) is 34.0 Å². The molecule has 0 fully saturated rings. The molecular weight excluding hydrogens is 298 g/mol. The number of rotatable bonds is 5. The topological polar surface area (TPSA) is 80.5 Å². The molecule has 6 nitrogen and oxygen atoms in total. The quantitative estimate of drug-likeness (QED) is 0.673. The van der Waals surface area contributed by atoms with Crippen LogP contribution < -0.4 is 0 Å². The van der Waals surface area contributed by atoms with Gasteiger partial charge in [-0.2, -0.15) is 5.26 Å². The van der Waals surface area contributed by atoms with Crippen LogP contribution in [0, 0.1) is 11.3 Å². The number of aromatic nitrogens is 4. The van der Waals surface area contributed by atoms with Gasteiger partial charge < -0.3 is 4.42 Å². The zero-order valence-electron chi connectivity index (χ0n) is 11.5. The van der Waals surface area contributed by atoms with E-state index in [1.807, 2.05) is 22.8 Å². The minimum absolute atomic E-state index is 0.367. The summed E-state index contributed by atoms with van der Waals surface area (Å²) in [5.74, 6) is 1.27. The Labute approximate surface area is 131 Å². The Morgan fingerprint density at radius 2 is 2.23 bits per heavy atom. The lowest BCUT2D eigenvalue weighted by Crippen LogP contribution is -2.00. The molecular formula is C15H11N5OS. The molecule has 0 unspecified atom stereocenters. The Kier molecular flexibility index (Phi) is 4.03. The maximum atomic E-state index is 8.92. The molecule has 108 valence electrons. The maximum Gasteiger partial charge on any atom is 0.200 e. The lowest BCUT2D eigenvalue weighted by Gasteiger charge is -2.05. The maximum absolute atomic E-state index is 8.92. The molecule has 0 spiro atoms. The summed E-state index contributed by atoms with van der Waals surface area (Å²) in [6, 6.07) is 10.9. The van der Waals surface area contributed by atoms with Crippen molar-refractivity contribution in [1.29, 1.82) is 5.26 Å². The van der Waals surface area contributed by atoms with Crippen LogP contribution in [0.15, 0.2) is 63.8 Å². The van der Waals surface area contributed by atoms with Crippen molar-refractivity contribution in [1.82, 2.24) is 19.7 Å². The van der Waals surface area contributed by atoms with Gasteiger partial charge >= 0.3 is 0 Å². The van der Waals surface area contributed by atoms with Crippen LogP contribution in [0.3, 0.4) is 0 Å². The monoisotopic (exact) mass is 309 g/mol. The standard InChI is InChI=1S/C15H11N5OS/c1-2-8-20-14(12-6-4-9-21-12)18-19-15(20)22-13-7-3-5-11(10-16)17-13/h2-7,9H,1,8H2. The lowest BCUT2D eigenvalue weighted by atomic mass is 10.4. The van der Waals surface area contributed by atoms with E-state index in [0.717, 1.165) is 0 Å². The van der Waals surface area contributed by atoms with Gasteiger partial charge in [0.05, 0.1) is 6.26 Å². The Morgan fingerprint density at radius 1 is 1.32 bits per heavy atom. The minimum atomic E-state index is 0.367. The zero-order chi connectivity index (χ0) is 15.4. The molecule has 3 aromatic heterocycles. The van der Waals surface area contributed by atoms with Crippen LogP contribution in [0.2, 0.25) is 0 Å². The smallest absolute Gasteiger partial charge is 0.200 e. The molecule has 0 N–H and O–H groups in total. The highest BCUT2D eigenvalue weighted by atomic mass is 32.2. The number of allylic oxidation sites excluding steroid dienone is 1. The third kappa shape index (κ3) is 2.77. The van der Waals surface area contributed by atoms with E-state index < -0.39 is 0 Å². The van der Waals surface area contributed by atoms with E-state index in [9.17, 15) is 0 Å². The SMILES string of the molecule is C=CCn1c(Sc2cccc(C#N)n2)nnc1-c1ccco1. The van der Waals surface area contributed by atoms with Crippen molar-refractivity contribution in [3.63, 3.8) is 0 Å². The van der Waals surface area contributed by atoms with Gasteiger partial charge in [0.15, 0.2) is 10.9 Å². The summed E-state index contributed by atoms with van der Waals surface area (Å²) in [5, 5.41) is 18.6. The molecule has 0 radical (unpaired) electrons. The molecule has 0 saturated carbocycles. The van der Waals surface area contributed by atoms with Crippen molar-refractivity contribution in [2.45, 2.75) is 16.7 Å². The fraction of sp³-hybridized carbons (Fsp3) is 0.0667. The van der Waals surface area contributed by atoms with Crippen LogP contribution in [-0.2, 0) is 6.54 Å². The highest BCUT2D eigenvalue weighted by Crippen LogP contribution is 2.28. The first-order chi connectivity index (χ1) is 10.8. The molecule has 0 aliphatic rings. The first kappa shape index (κ1) is 14.1. The molecule has 3 heterocycles. The molecule has 3 rings (SSSR count). The first-order valence-electron chi connectivity index (χ1n) is 6.45. The van der Waals surface area contributed by atoms with Crippen LogP contribution in [0.25, 0.3) is 11.6 Å². The predicted octanol–water partition coefficient (Wildman–Crippen LogP) is 3.14. The summed E-state index contributed by atoms with van der Waals surface area (Å²) in [5.41, 5.74) is 0.367. The van der Waals surface area contributed by atoms with Crippen LogP contribution in [0.1, 0.15) is 5.69 Å². The van der Waals surface area contributed by atoms with Crippen LogP contribution in [0.4, 0.5) is 0 Å². The van der Waals surface area contributed by atoms with Crippen LogP contribution >= 0.6 is 11.8 Å². The summed E-state index contributed by atoms with van der Waals surface area (Å²) in [6.45, 7) is 4.30. The molecule has 7 heteroatoms. The molecule has 0 saturated heterocycles.